The Bertz CT molecular complexity index is 1580. The summed E-state index contributed by atoms with van der Waals surface area (Å²) in [5.74, 6) is 0.0569. The minimum atomic E-state index is -0.432. The van der Waals surface area contributed by atoms with E-state index in [0.29, 0.717) is 46.8 Å². The highest BCUT2D eigenvalue weighted by atomic mass is 127. The molecule has 1 fully saturated rings. The molecule has 0 saturated heterocycles. The second-order valence-electron chi connectivity index (χ2n) is 10.2. The summed E-state index contributed by atoms with van der Waals surface area (Å²) in [6.45, 7) is 6.71. The highest BCUT2D eigenvalue weighted by Crippen LogP contribution is 2.28. The predicted octanol–water partition coefficient (Wildman–Crippen LogP) is 6.46. The number of nitrogens with zero attached hydrogens (tertiary/aromatic N) is 3. The summed E-state index contributed by atoms with van der Waals surface area (Å²) in [7, 11) is 0. The van der Waals surface area contributed by atoms with E-state index in [-0.39, 0.29) is 5.91 Å². The minimum absolute atomic E-state index is 0.0569. The number of alkyl halides is 1. The molecule has 1 aliphatic heterocycles. The summed E-state index contributed by atoms with van der Waals surface area (Å²) in [6, 6.07) is 16.0. The number of likely N-dealkylation sites (N-methyl/N-ethyl adjacent to an activating group) is 1. The number of nitrogens with one attached hydrogen (secondary N) is 3. The van der Waals surface area contributed by atoms with Crippen molar-refractivity contribution in [1.82, 2.24) is 20.6 Å². The number of allylic oxidation sites excluding steroid dienone is 1. The number of pyridine rings is 1. The number of hydrogen-bond donors (Lipinski definition) is 3. The molecule has 0 bridgehead atoms. The number of aryl methyl sites for hydroxylation is 1. The molecule has 2 aromatic carbocycles. The van der Waals surface area contributed by atoms with Gasteiger partial charge in [-0.05, 0) is 60.6 Å². The second-order valence-corrected chi connectivity index (χ2v) is 11.7. The first kappa shape index (κ1) is 29.8. The average Bonchev–Trinajstić information content (AvgIpc) is 3.80. The number of anilines is 1. The van der Waals surface area contributed by atoms with Crippen molar-refractivity contribution in [3.63, 3.8) is 0 Å². The van der Waals surface area contributed by atoms with Crippen LogP contribution in [0.2, 0.25) is 5.02 Å². The van der Waals surface area contributed by atoms with Crippen LogP contribution in [0.5, 0.6) is 0 Å². The number of rotatable bonds is 10. The summed E-state index contributed by atoms with van der Waals surface area (Å²) < 4.78 is 0.864. The molecule has 0 atom stereocenters. The summed E-state index contributed by atoms with van der Waals surface area (Å²) in [5, 5.41) is 15.8. The van der Waals surface area contributed by atoms with Gasteiger partial charge in [0, 0.05) is 35.0 Å². The third-order valence-electron chi connectivity index (χ3n) is 6.99. The molecule has 2 heterocycles. The highest BCUT2D eigenvalue weighted by molar-refractivity contribution is 14.1. The number of hydrogen-bond acceptors (Lipinski definition) is 5. The molecular weight excluding hydrogens is 663 g/mol. The Morgan fingerprint density at radius 1 is 1.07 bits per heavy atom. The Morgan fingerprint density at radius 2 is 1.81 bits per heavy atom. The van der Waals surface area contributed by atoms with Gasteiger partial charge in [-0.1, -0.05) is 83.2 Å². The van der Waals surface area contributed by atoms with Crippen molar-refractivity contribution in [2.75, 3.05) is 16.3 Å². The van der Waals surface area contributed by atoms with E-state index in [2.05, 4.69) is 62.2 Å². The topological polar surface area (TPSA) is 98.7 Å². The third kappa shape index (κ3) is 7.38. The van der Waals surface area contributed by atoms with Gasteiger partial charge < -0.3 is 16.0 Å². The lowest BCUT2D eigenvalue weighted by Crippen LogP contribution is -2.35. The summed E-state index contributed by atoms with van der Waals surface area (Å²) >= 11 is 8.64. The van der Waals surface area contributed by atoms with Crippen LogP contribution in [0.1, 0.15) is 36.5 Å². The third-order valence-corrected chi connectivity index (χ3v) is 7.81. The molecule has 3 N–H and O–H groups in total. The molecule has 3 amide bonds. The van der Waals surface area contributed by atoms with E-state index in [1.54, 1.807) is 11.2 Å². The number of aromatic nitrogens is 1. The van der Waals surface area contributed by atoms with Crippen molar-refractivity contribution < 1.29 is 9.59 Å². The van der Waals surface area contributed by atoms with Crippen molar-refractivity contribution in [2.45, 2.75) is 38.6 Å². The van der Waals surface area contributed by atoms with Crippen LogP contribution < -0.4 is 16.0 Å². The first-order valence-corrected chi connectivity index (χ1v) is 15.8. The number of benzene rings is 2. The monoisotopic (exact) mass is 694 g/mol. The number of halogens is 2. The molecular formula is C32H32ClIN6O2. The van der Waals surface area contributed by atoms with Crippen LogP contribution >= 0.6 is 34.2 Å². The van der Waals surface area contributed by atoms with E-state index in [4.69, 9.17) is 16.7 Å². The van der Waals surface area contributed by atoms with E-state index in [0.717, 1.165) is 51.5 Å². The van der Waals surface area contributed by atoms with E-state index in [1.165, 1.54) is 6.20 Å². The summed E-state index contributed by atoms with van der Waals surface area (Å²) in [5.41, 5.74) is 7.09. The van der Waals surface area contributed by atoms with Gasteiger partial charge in [-0.15, -0.1) is 0 Å². The van der Waals surface area contributed by atoms with E-state index in [9.17, 15) is 9.59 Å². The number of urea groups is 1. The highest BCUT2D eigenvalue weighted by Gasteiger charge is 2.23. The van der Waals surface area contributed by atoms with Crippen LogP contribution in [0.4, 0.5) is 10.5 Å². The van der Waals surface area contributed by atoms with Crippen molar-refractivity contribution in [3.05, 3.63) is 107 Å². The maximum absolute atomic E-state index is 13.1. The van der Waals surface area contributed by atoms with Gasteiger partial charge >= 0.3 is 6.03 Å². The van der Waals surface area contributed by atoms with Crippen LogP contribution in [-0.2, 0) is 17.6 Å². The smallest absolute Gasteiger partial charge is 0.323 e. The lowest BCUT2D eigenvalue weighted by molar-refractivity contribution is -0.120. The van der Waals surface area contributed by atoms with Crippen LogP contribution in [0.15, 0.2) is 90.1 Å². The predicted molar refractivity (Wildman–Crippen MR) is 177 cm³/mol. The molecule has 3 aromatic rings. The number of carbonyl (C=O) groups excluding carboxylic acids is 2. The first-order chi connectivity index (χ1) is 20.3. The first-order valence-electron chi connectivity index (χ1n) is 13.9. The van der Waals surface area contributed by atoms with Gasteiger partial charge in [0.1, 0.15) is 0 Å². The van der Waals surface area contributed by atoms with Gasteiger partial charge in [-0.25, -0.2) is 4.79 Å². The molecule has 0 spiro atoms. The van der Waals surface area contributed by atoms with Crippen LogP contribution in [-0.4, -0.2) is 44.7 Å². The molecule has 1 aliphatic carbocycles. The number of carbonyl (C=O) groups is 2. The fraction of sp³-hybridized carbons (Fsp3) is 0.250. The molecule has 0 radical (unpaired) electrons. The van der Waals surface area contributed by atoms with E-state index >= 15 is 0 Å². The number of hydrazone groups is 1. The minimum Gasteiger partial charge on any atom is -0.353 e. The van der Waals surface area contributed by atoms with Gasteiger partial charge in [0.2, 0.25) is 5.91 Å². The van der Waals surface area contributed by atoms with Gasteiger partial charge in [0.25, 0.3) is 0 Å². The van der Waals surface area contributed by atoms with E-state index in [1.807, 2.05) is 49.4 Å². The average molecular weight is 695 g/mol. The molecule has 216 valence electrons. The second kappa shape index (κ2) is 13.5. The quantitative estimate of drug-likeness (QED) is 0.168. The van der Waals surface area contributed by atoms with Gasteiger partial charge in [0.15, 0.2) is 0 Å². The fourth-order valence-electron chi connectivity index (χ4n) is 4.67. The Kier molecular flexibility index (Phi) is 9.58. The Balaban J connectivity index is 1.36. The Morgan fingerprint density at radius 3 is 2.55 bits per heavy atom. The van der Waals surface area contributed by atoms with E-state index < -0.39 is 6.03 Å². The lowest BCUT2D eigenvalue weighted by Gasteiger charge is -2.27. The molecule has 8 nitrogen and oxygen atoms in total. The molecule has 5 rings (SSSR count). The van der Waals surface area contributed by atoms with Crippen molar-refractivity contribution in [1.29, 1.82) is 0 Å². The summed E-state index contributed by atoms with van der Waals surface area (Å²) in [6.07, 6.45) is 8.28. The molecule has 1 aromatic heterocycles. The van der Waals surface area contributed by atoms with Crippen LogP contribution in [0.3, 0.4) is 0 Å². The lowest BCUT2D eigenvalue weighted by atomic mass is 9.98. The van der Waals surface area contributed by atoms with Crippen LogP contribution in [0, 0.1) is 0 Å². The maximum Gasteiger partial charge on any atom is 0.323 e. The normalized spacial score (nSPS) is 14.6. The fourth-order valence-corrected chi connectivity index (χ4v) is 5.48. The van der Waals surface area contributed by atoms with Crippen molar-refractivity contribution in [2.24, 2.45) is 5.10 Å². The zero-order valence-electron chi connectivity index (χ0n) is 23.3. The molecule has 1 saturated carbocycles. The van der Waals surface area contributed by atoms with Crippen LogP contribution in [0.25, 0.3) is 11.1 Å². The van der Waals surface area contributed by atoms with Gasteiger partial charge in [-0.2, -0.15) is 5.10 Å². The SMILES string of the molecule is C=C1C(NC(=O)Nc2c(Cl)cncc2CCI)=CC(c2cccc(-c3cccc(CC(=O)NC4CC4)c3)c2)=NN1CC. The summed E-state index contributed by atoms with van der Waals surface area (Å²) in [4.78, 5) is 29.6. The zero-order valence-corrected chi connectivity index (χ0v) is 26.2. The van der Waals surface area contributed by atoms with Crippen molar-refractivity contribution in [3.8, 4) is 11.1 Å². The molecule has 10 heteroatoms. The van der Waals surface area contributed by atoms with Gasteiger partial charge in [0.05, 0.1) is 34.2 Å². The number of amides is 3. The maximum atomic E-state index is 13.1. The Labute approximate surface area is 264 Å². The molecule has 42 heavy (non-hydrogen) atoms. The molecule has 0 unspecified atom stereocenters. The Hall–Kier alpha value is -3.70. The van der Waals surface area contributed by atoms with Gasteiger partial charge in [-0.3, -0.25) is 14.8 Å². The standard InChI is InChI=1S/C32H32ClIN6O2/c1-3-40-20(2)28(37-32(42)38-31-25(12-13-34)18-35-19-27(31)33)17-29(39-40)24-9-5-8-23(16-24)22-7-4-6-21(14-22)15-30(41)36-26-10-11-26/h4-9,14,16-19,26H,2-3,10-13,15H2,1H3,(H,36,41)(H2,35,37,38,42). The molecule has 2 aliphatic rings. The zero-order chi connectivity index (χ0) is 29.6. The van der Waals surface area contributed by atoms with Crippen molar-refractivity contribution >= 4 is 57.5 Å². The largest absolute Gasteiger partial charge is 0.353 e.